The molecule has 1 amide bonds. The van der Waals surface area contributed by atoms with E-state index in [9.17, 15) is 4.79 Å². The number of nitrogens with two attached hydrogens (primary N) is 1. The quantitative estimate of drug-likeness (QED) is 0.905. The first-order chi connectivity index (χ1) is 10.0. The fraction of sp³-hybridized carbons (Fsp3) is 0.235. The molecule has 0 heterocycles. The first kappa shape index (κ1) is 15.1. The Balaban J connectivity index is 2.26. The number of aryl methyl sites for hydroxylation is 1. The summed E-state index contributed by atoms with van der Waals surface area (Å²) in [4.78, 5) is 12.4. The maximum atomic E-state index is 12.4. The van der Waals surface area contributed by atoms with Crippen molar-refractivity contribution in [2.45, 2.75) is 19.9 Å². The Morgan fingerprint density at radius 2 is 1.95 bits per heavy atom. The topological polar surface area (TPSA) is 64.3 Å². The molecule has 0 fully saturated rings. The predicted molar refractivity (Wildman–Crippen MR) is 84.7 cm³/mol. The molecule has 1 atom stereocenters. The molecule has 4 heteroatoms. The second-order valence-corrected chi connectivity index (χ2v) is 5.01. The number of methoxy groups -OCH3 is 1. The highest BCUT2D eigenvalue weighted by molar-refractivity contribution is 6.05. The van der Waals surface area contributed by atoms with E-state index in [0.717, 1.165) is 16.8 Å². The molecule has 0 aromatic heterocycles. The van der Waals surface area contributed by atoms with Gasteiger partial charge in [-0.15, -0.1) is 0 Å². The minimum Gasteiger partial charge on any atom is -0.496 e. The summed E-state index contributed by atoms with van der Waals surface area (Å²) in [7, 11) is 1.59. The van der Waals surface area contributed by atoms with E-state index < -0.39 is 0 Å². The van der Waals surface area contributed by atoms with Crippen LogP contribution in [-0.2, 0) is 0 Å². The molecule has 0 radical (unpaired) electrons. The molecule has 0 saturated heterocycles. The standard InChI is InChI=1S/C17H20N2O2/c1-11-8-9-13(10-16(11)21-3)17(20)19-15-7-5-4-6-14(15)12(2)18/h4-10,12H,18H2,1-3H3,(H,19,20). The van der Waals surface area contributed by atoms with E-state index in [2.05, 4.69) is 5.32 Å². The number of nitrogens with one attached hydrogen (secondary N) is 1. The monoisotopic (exact) mass is 284 g/mol. The van der Waals surface area contributed by atoms with Crippen LogP contribution in [0.5, 0.6) is 5.75 Å². The summed E-state index contributed by atoms with van der Waals surface area (Å²) < 4.78 is 5.25. The predicted octanol–water partition coefficient (Wildman–Crippen LogP) is 3.28. The van der Waals surface area contributed by atoms with Crippen LogP contribution in [0.2, 0.25) is 0 Å². The fourth-order valence-corrected chi connectivity index (χ4v) is 2.16. The molecule has 0 bridgehead atoms. The first-order valence-corrected chi connectivity index (χ1v) is 6.83. The van der Waals surface area contributed by atoms with Crippen LogP contribution >= 0.6 is 0 Å². The zero-order valence-corrected chi connectivity index (χ0v) is 12.5. The van der Waals surface area contributed by atoms with E-state index in [0.29, 0.717) is 11.3 Å². The summed E-state index contributed by atoms with van der Waals surface area (Å²) in [5.74, 6) is 0.518. The smallest absolute Gasteiger partial charge is 0.255 e. The minimum atomic E-state index is -0.179. The van der Waals surface area contributed by atoms with Gasteiger partial charge in [0.25, 0.3) is 5.91 Å². The van der Waals surface area contributed by atoms with E-state index in [1.54, 1.807) is 19.2 Å². The zero-order valence-electron chi connectivity index (χ0n) is 12.5. The van der Waals surface area contributed by atoms with E-state index in [1.165, 1.54) is 0 Å². The summed E-state index contributed by atoms with van der Waals surface area (Å²) in [6.07, 6.45) is 0. The van der Waals surface area contributed by atoms with E-state index in [4.69, 9.17) is 10.5 Å². The first-order valence-electron chi connectivity index (χ1n) is 6.83. The molecule has 0 aliphatic heterocycles. The molecule has 0 spiro atoms. The van der Waals surface area contributed by atoms with Crippen LogP contribution < -0.4 is 15.8 Å². The van der Waals surface area contributed by atoms with Crippen molar-refractivity contribution in [2.24, 2.45) is 5.73 Å². The van der Waals surface area contributed by atoms with Crippen LogP contribution in [0, 0.1) is 6.92 Å². The van der Waals surface area contributed by atoms with Crippen LogP contribution in [0.25, 0.3) is 0 Å². The average Bonchev–Trinajstić information content (AvgIpc) is 2.48. The third kappa shape index (κ3) is 3.41. The number of ether oxygens (including phenoxy) is 1. The van der Waals surface area contributed by atoms with Gasteiger partial charge in [-0.2, -0.15) is 0 Å². The van der Waals surface area contributed by atoms with Gasteiger partial charge in [0.05, 0.1) is 7.11 Å². The van der Waals surface area contributed by atoms with E-state index in [-0.39, 0.29) is 11.9 Å². The van der Waals surface area contributed by atoms with Gasteiger partial charge in [-0.05, 0) is 43.2 Å². The van der Waals surface area contributed by atoms with Crippen LogP contribution in [0.3, 0.4) is 0 Å². The Kier molecular flexibility index (Phi) is 4.60. The average molecular weight is 284 g/mol. The van der Waals surface area contributed by atoms with Gasteiger partial charge in [0, 0.05) is 17.3 Å². The molecule has 0 aliphatic rings. The number of rotatable bonds is 4. The molecule has 2 aromatic rings. The maximum absolute atomic E-state index is 12.4. The Morgan fingerprint density at radius 3 is 2.62 bits per heavy atom. The molecule has 110 valence electrons. The second kappa shape index (κ2) is 6.41. The molecular formula is C17H20N2O2. The largest absolute Gasteiger partial charge is 0.496 e. The van der Waals surface area contributed by atoms with E-state index in [1.807, 2.05) is 44.2 Å². The second-order valence-electron chi connectivity index (χ2n) is 5.01. The van der Waals surface area contributed by atoms with Gasteiger partial charge in [0.1, 0.15) is 5.75 Å². The number of carbonyl (C=O) groups is 1. The van der Waals surface area contributed by atoms with Crippen LogP contribution in [0.15, 0.2) is 42.5 Å². The van der Waals surface area contributed by atoms with Crippen LogP contribution in [0.4, 0.5) is 5.69 Å². The maximum Gasteiger partial charge on any atom is 0.255 e. The molecule has 21 heavy (non-hydrogen) atoms. The molecule has 2 rings (SSSR count). The van der Waals surface area contributed by atoms with Crippen molar-refractivity contribution in [3.63, 3.8) is 0 Å². The zero-order chi connectivity index (χ0) is 15.4. The number of para-hydroxylation sites is 1. The van der Waals surface area contributed by atoms with Crippen molar-refractivity contribution in [3.05, 3.63) is 59.2 Å². The van der Waals surface area contributed by atoms with Gasteiger partial charge < -0.3 is 15.8 Å². The summed E-state index contributed by atoms with van der Waals surface area (Å²) in [5.41, 5.74) is 9.11. The molecule has 2 aromatic carbocycles. The van der Waals surface area contributed by atoms with Gasteiger partial charge >= 0.3 is 0 Å². The van der Waals surface area contributed by atoms with Gasteiger partial charge in [0.15, 0.2) is 0 Å². The lowest BCUT2D eigenvalue weighted by molar-refractivity contribution is 0.102. The molecule has 1 unspecified atom stereocenters. The van der Waals surface area contributed by atoms with Gasteiger partial charge in [-0.1, -0.05) is 24.3 Å². The van der Waals surface area contributed by atoms with Crippen molar-refractivity contribution < 1.29 is 9.53 Å². The summed E-state index contributed by atoms with van der Waals surface area (Å²) in [6.45, 7) is 3.83. The molecule has 0 saturated carbocycles. The molecule has 4 nitrogen and oxygen atoms in total. The lowest BCUT2D eigenvalue weighted by atomic mass is 10.1. The summed E-state index contributed by atoms with van der Waals surface area (Å²) in [6, 6.07) is 12.8. The fourth-order valence-electron chi connectivity index (χ4n) is 2.16. The van der Waals surface area contributed by atoms with Crippen molar-refractivity contribution in [1.82, 2.24) is 0 Å². The number of carbonyl (C=O) groups excluding carboxylic acids is 1. The number of anilines is 1. The number of hydrogen-bond donors (Lipinski definition) is 2. The number of amides is 1. The third-order valence-electron chi connectivity index (χ3n) is 3.37. The van der Waals surface area contributed by atoms with Crippen molar-refractivity contribution in [3.8, 4) is 5.75 Å². The lowest BCUT2D eigenvalue weighted by Crippen LogP contribution is -2.16. The molecular weight excluding hydrogens is 264 g/mol. The summed E-state index contributed by atoms with van der Waals surface area (Å²) >= 11 is 0. The van der Waals surface area contributed by atoms with Gasteiger partial charge in [-0.3, -0.25) is 4.79 Å². The lowest BCUT2D eigenvalue weighted by Gasteiger charge is -2.14. The minimum absolute atomic E-state index is 0.144. The normalized spacial score (nSPS) is 11.8. The Morgan fingerprint density at radius 1 is 1.24 bits per heavy atom. The Hall–Kier alpha value is -2.33. The highest BCUT2D eigenvalue weighted by Gasteiger charge is 2.12. The van der Waals surface area contributed by atoms with Gasteiger partial charge in [-0.25, -0.2) is 0 Å². The highest BCUT2D eigenvalue weighted by atomic mass is 16.5. The number of benzene rings is 2. The molecule has 3 N–H and O–H groups in total. The number of hydrogen-bond acceptors (Lipinski definition) is 3. The van der Waals surface area contributed by atoms with Crippen molar-refractivity contribution in [1.29, 1.82) is 0 Å². The van der Waals surface area contributed by atoms with Crippen LogP contribution in [0.1, 0.15) is 34.5 Å². The Bertz CT molecular complexity index is 651. The van der Waals surface area contributed by atoms with Crippen molar-refractivity contribution >= 4 is 11.6 Å². The van der Waals surface area contributed by atoms with Gasteiger partial charge in [0.2, 0.25) is 0 Å². The highest BCUT2D eigenvalue weighted by Crippen LogP contribution is 2.23. The summed E-state index contributed by atoms with van der Waals surface area (Å²) in [5, 5.41) is 2.90. The van der Waals surface area contributed by atoms with Crippen LogP contribution in [-0.4, -0.2) is 13.0 Å². The molecule has 0 aliphatic carbocycles. The third-order valence-corrected chi connectivity index (χ3v) is 3.37. The van der Waals surface area contributed by atoms with E-state index >= 15 is 0 Å². The van der Waals surface area contributed by atoms with Crippen molar-refractivity contribution in [2.75, 3.05) is 12.4 Å². The SMILES string of the molecule is COc1cc(C(=O)Nc2ccccc2C(C)N)ccc1C. The Labute approximate surface area is 124 Å².